The Morgan fingerprint density at radius 1 is 1.21 bits per heavy atom. The summed E-state index contributed by atoms with van der Waals surface area (Å²) in [5, 5.41) is 0. The van der Waals surface area contributed by atoms with Crippen LogP contribution in [0, 0.1) is 20.8 Å². The molecule has 0 bridgehead atoms. The first kappa shape index (κ1) is 14.6. The van der Waals surface area contributed by atoms with Crippen molar-refractivity contribution >= 4 is 43.0 Å². The maximum absolute atomic E-state index is 12.4. The van der Waals surface area contributed by atoms with Gasteiger partial charge in [0.25, 0.3) is 10.0 Å². The van der Waals surface area contributed by atoms with E-state index in [-0.39, 0.29) is 0 Å². The first-order chi connectivity index (χ1) is 8.81. The fourth-order valence-electron chi connectivity index (χ4n) is 1.76. The molecule has 0 saturated heterocycles. The summed E-state index contributed by atoms with van der Waals surface area (Å²) >= 11 is 4.72. The highest BCUT2D eigenvalue weighted by atomic mass is 79.9. The lowest BCUT2D eigenvalue weighted by Gasteiger charge is -2.11. The van der Waals surface area contributed by atoms with Gasteiger partial charge in [0.1, 0.15) is 4.90 Å². The van der Waals surface area contributed by atoms with Crippen LogP contribution in [0.3, 0.4) is 0 Å². The monoisotopic (exact) mass is 359 g/mol. The Kier molecular flexibility index (Phi) is 4.03. The molecule has 0 aliphatic heterocycles. The molecular formula is C13H14BrNO2S2. The maximum Gasteiger partial charge on any atom is 0.263 e. The molecule has 2 rings (SSSR count). The Hall–Kier alpha value is -0.850. The molecule has 1 aromatic heterocycles. The van der Waals surface area contributed by atoms with Gasteiger partial charge >= 0.3 is 0 Å². The SMILES string of the molecule is Cc1cccc(NS(=O)(=O)c2cc(Br)sc2C)c1C. The summed E-state index contributed by atoms with van der Waals surface area (Å²) in [7, 11) is -3.53. The molecule has 3 nitrogen and oxygen atoms in total. The molecule has 0 atom stereocenters. The molecule has 0 fully saturated rings. The zero-order chi connectivity index (χ0) is 14.2. The summed E-state index contributed by atoms with van der Waals surface area (Å²) in [6, 6.07) is 7.21. The normalized spacial score (nSPS) is 11.6. The van der Waals surface area contributed by atoms with Gasteiger partial charge in [0.2, 0.25) is 0 Å². The second-order valence-electron chi connectivity index (χ2n) is 4.32. The van der Waals surface area contributed by atoms with E-state index in [1.54, 1.807) is 19.1 Å². The third-order valence-electron chi connectivity index (χ3n) is 2.98. The Bertz CT molecular complexity index is 720. The summed E-state index contributed by atoms with van der Waals surface area (Å²) in [5.41, 5.74) is 2.63. The van der Waals surface area contributed by atoms with Gasteiger partial charge in [-0.1, -0.05) is 12.1 Å². The van der Waals surface area contributed by atoms with Gasteiger partial charge in [-0.05, 0) is 60.0 Å². The lowest BCUT2D eigenvalue weighted by atomic mass is 10.1. The number of hydrogen-bond acceptors (Lipinski definition) is 3. The van der Waals surface area contributed by atoms with Crippen LogP contribution in [-0.4, -0.2) is 8.42 Å². The quantitative estimate of drug-likeness (QED) is 0.890. The van der Waals surface area contributed by atoms with Gasteiger partial charge in [0.05, 0.1) is 9.47 Å². The fourth-order valence-corrected chi connectivity index (χ4v) is 5.30. The Morgan fingerprint density at radius 2 is 1.89 bits per heavy atom. The zero-order valence-electron chi connectivity index (χ0n) is 10.8. The summed E-state index contributed by atoms with van der Waals surface area (Å²) in [6.45, 7) is 5.66. The van der Waals surface area contributed by atoms with Crippen molar-refractivity contribution in [3.63, 3.8) is 0 Å². The van der Waals surface area contributed by atoms with E-state index in [1.165, 1.54) is 11.3 Å². The molecule has 102 valence electrons. The van der Waals surface area contributed by atoms with Crippen molar-refractivity contribution in [3.8, 4) is 0 Å². The van der Waals surface area contributed by atoms with Crippen LogP contribution in [0.5, 0.6) is 0 Å². The van der Waals surface area contributed by atoms with Gasteiger partial charge in [-0.3, -0.25) is 4.72 Å². The molecule has 1 N–H and O–H groups in total. The van der Waals surface area contributed by atoms with Crippen LogP contribution in [0.25, 0.3) is 0 Å². The van der Waals surface area contributed by atoms with Crippen molar-refractivity contribution in [2.75, 3.05) is 4.72 Å². The first-order valence-corrected chi connectivity index (χ1v) is 8.75. The molecule has 0 saturated carbocycles. The maximum atomic E-state index is 12.4. The molecule has 0 aliphatic carbocycles. The van der Waals surface area contributed by atoms with E-state index < -0.39 is 10.0 Å². The number of thiophene rings is 1. The predicted octanol–water partition coefficient (Wildman–Crippen LogP) is 4.24. The smallest absolute Gasteiger partial charge is 0.263 e. The third-order valence-corrected chi connectivity index (χ3v) is 6.16. The van der Waals surface area contributed by atoms with Crippen molar-refractivity contribution < 1.29 is 8.42 Å². The average molecular weight is 360 g/mol. The lowest BCUT2D eigenvalue weighted by Crippen LogP contribution is -2.14. The van der Waals surface area contributed by atoms with E-state index in [0.29, 0.717) is 10.6 Å². The Balaban J connectivity index is 2.42. The van der Waals surface area contributed by atoms with Gasteiger partial charge in [0.15, 0.2) is 0 Å². The van der Waals surface area contributed by atoms with E-state index in [9.17, 15) is 8.42 Å². The van der Waals surface area contributed by atoms with Gasteiger partial charge in [0, 0.05) is 4.88 Å². The van der Waals surface area contributed by atoms with Crippen molar-refractivity contribution in [1.29, 1.82) is 0 Å². The zero-order valence-corrected chi connectivity index (χ0v) is 14.0. The van der Waals surface area contributed by atoms with E-state index in [2.05, 4.69) is 20.7 Å². The standard InChI is InChI=1S/C13H14BrNO2S2/c1-8-5-4-6-11(9(8)2)15-19(16,17)12-7-13(14)18-10(12)3/h4-7,15H,1-3H3. The Morgan fingerprint density at radius 3 is 2.47 bits per heavy atom. The number of hydrogen-bond donors (Lipinski definition) is 1. The van der Waals surface area contributed by atoms with Crippen LogP contribution in [-0.2, 0) is 10.0 Å². The number of aryl methyl sites for hydroxylation is 2. The van der Waals surface area contributed by atoms with Crippen molar-refractivity contribution in [3.05, 3.63) is 44.1 Å². The van der Waals surface area contributed by atoms with Crippen LogP contribution < -0.4 is 4.72 Å². The van der Waals surface area contributed by atoms with Crippen LogP contribution in [0.15, 0.2) is 32.9 Å². The number of halogens is 1. The molecular weight excluding hydrogens is 346 g/mol. The largest absolute Gasteiger partial charge is 0.279 e. The minimum atomic E-state index is -3.53. The first-order valence-electron chi connectivity index (χ1n) is 5.66. The summed E-state index contributed by atoms with van der Waals surface area (Å²) < 4.78 is 28.2. The molecule has 2 aromatic rings. The molecule has 0 spiro atoms. The van der Waals surface area contributed by atoms with Crippen LogP contribution in [0.2, 0.25) is 0 Å². The topological polar surface area (TPSA) is 46.2 Å². The van der Waals surface area contributed by atoms with E-state index in [1.807, 2.05) is 26.0 Å². The minimum absolute atomic E-state index is 0.324. The Labute approximate surface area is 125 Å². The molecule has 1 heterocycles. The number of sulfonamides is 1. The van der Waals surface area contributed by atoms with Gasteiger partial charge in [-0.25, -0.2) is 8.42 Å². The fraction of sp³-hybridized carbons (Fsp3) is 0.231. The highest BCUT2D eigenvalue weighted by Gasteiger charge is 2.20. The van der Waals surface area contributed by atoms with Crippen molar-refractivity contribution in [2.24, 2.45) is 0 Å². The second kappa shape index (κ2) is 5.26. The predicted molar refractivity (Wildman–Crippen MR) is 83.5 cm³/mol. The molecule has 0 amide bonds. The molecule has 1 aromatic carbocycles. The number of rotatable bonds is 3. The molecule has 19 heavy (non-hydrogen) atoms. The van der Waals surface area contributed by atoms with E-state index in [4.69, 9.17) is 0 Å². The minimum Gasteiger partial charge on any atom is -0.279 e. The highest BCUT2D eigenvalue weighted by Crippen LogP contribution is 2.31. The highest BCUT2D eigenvalue weighted by molar-refractivity contribution is 9.11. The molecule has 0 unspecified atom stereocenters. The molecule has 0 radical (unpaired) electrons. The van der Waals surface area contributed by atoms with E-state index >= 15 is 0 Å². The second-order valence-corrected chi connectivity index (χ2v) is 8.61. The average Bonchev–Trinajstić information content (AvgIpc) is 2.65. The summed E-state index contributed by atoms with van der Waals surface area (Å²) in [6.07, 6.45) is 0. The van der Waals surface area contributed by atoms with Gasteiger partial charge in [-0.2, -0.15) is 0 Å². The van der Waals surface area contributed by atoms with Crippen molar-refractivity contribution in [1.82, 2.24) is 0 Å². The molecule has 0 aliphatic rings. The van der Waals surface area contributed by atoms with Crippen LogP contribution in [0.1, 0.15) is 16.0 Å². The molecule has 6 heteroatoms. The summed E-state index contributed by atoms with van der Waals surface area (Å²) in [5.74, 6) is 0. The number of nitrogens with one attached hydrogen (secondary N) is 1. The number of benzene rings is 1. The van der Waals surface area contributed by atoms with Gasteiger partial charge < -0.3 is 0 Å². The van der Waals surface area contributed by atoms with Crippen LogP contribution >= 0.6 is 27.3 Å². The summed E-state index contributed by atoms with van der Waals surface area (Å²) in [4.78, 5) is 1.09. The number of anilines is 1. The van der Waals surface area contributed by atoms with Gasteiger partial charge in [-0.15, -0.1) is 11.3 Å². The lowest BCUT2D eigenvalue weighted by molar-refractivity contribution is 0.601. The van der Waals surface area contributed by atoms with E-state index in [0.717, 1.165) is 19.8 Å². The third kappa shape index (κ3) is 3.01. The van der Waals surface area contributed by atoms with Crippen molar-refractivity contribution in [2.45, 2.75) is 25.7 Å². The van der Waals surface area contributed by atoms with Crippen LogP contribution in [0.4, 0.5) is 5.69 Å².